The van der Waals surface area contributed by atoms with Crippen molar-refractivity contribution in [2.75, 3.05) is 26.7 Å². The van der Waals surface area contributed by atoms with Crippen molar-refractivity contribution in [3.8, 4) is 17.2 Å². The summed E-state index contributed by atoms with van der Waals surface area (Å²) >= 11 is 0. The molecule has 0 bridgehead atoms. The average Bonchev–Trinajstić information content (AvgIpc) is 3.28. The lowest BCUT2D eigenvalue weighted by Gasteiger charge is -2.52. The molecule has 0 heterocycles. The Morgan fingerprint density at radius 3 is 0.974 bits per heavy atom. The van der Waals surface area contributed by atoms with E-state index < -0.39 is 146 Å². The third kappa shape index (κ3) is 17.5. The van der Waals surface area contributed by atoms with Gasteiger partial charge in [0, 0.05) is 14.0 Å². The molecule has 4 aromatic carbocycles. The van der Waals surface area contributed by atoms with Crippen LogP contribution in [0.1, 0.15) is 116 Å². The van der Waals surface area contributed by atoms with Gasteiger partial charge in [-0.15, -0.1) is 6.07 Å². The lowest BCUT2D eigenvalue weighted by atomic mass is 9.89. The molecule has 0 N–H and O–H groups in total. The van der Waals surface area contributed by atoms with Crippen LogP contribution in [0, 0.1) is 6.07 Å². The summed E-state index contributed by atoms with van der Waals surface area (Å²) < 4.78 is 348. The smallest absolute Gasteiger partial charge is 0.490 e. The van der Waals surface area contributed by atoms with Gasteiger partial charge in [0.15, 0.2) is 0 Å². The molecule has 77 heavy (non-hydrogen) atoms. The number of methoxy groups -OCH3 is 1. The van der Waals surface area contributed by atoms with E-state index in [4.69, 9.17) is 18.7 Å². The molecule has 0 aliphatic heterocycles. The number of quaternary nitrogens is 1. The van der Waals surface area contributed by atoms with Crippen LogP contribution >= 0.6 is 0 Å². The number of ether oxygens (including phenoxy) is 1. The first-order valence-corrected chi connectivity index (χ1v) is 22.4. The highest BCUT2D eigenvalue weighted by Crippen LogP contribution is 2.51. The summed E-state index contributed by atoms with van der Waals surface area (Å²) in [4.78, 5) is 0. The first-order chi connectivity index (χ1) is 34.9. The van der Waals surface area contributed by atoms with E-state index in [2.05, 4.69) is 0 Å². The van der Waals surface area contributed by atoms with E-state index in [1.54, 1.807) is 26.8 Å². The SMILES string of the molecule is CCCC[N+](CCCC)(CCCC)C(C)(OC)c1c(OB(Oc2cc(C(F)(F)F)cc(C(F)(F)F)c2)Oc2cc(C(F)(F)F)cc(C(F)(F)F)c2)cc(C(F)(F)F)cc1C(F)(F)F.FC(F)(F)c1c[c-]cc(C(F)(F)F)c1. The molecule has 0 fully saturated rings. The van der Waals surface area contributed by atoms with Crippen molar-refractivity contribution in [2.45, 2.75) is 121 Å². The molecule has 1 atom stereocenters. The summed E-state index contributed by atoms with van der Waals surface area (Å²) in [5.41, 5.74) is -19.0. The van der Waals surface area contributed by atoms with Crippen molar-refractivity contribution in [2.24, 2.45) is 0 Å². The van der Waals surface area contributed by atoms with E-state index in [-0.39, 0.29) is 81.4 Å². The zero-order valence-corrected chi connectivity index (χ0v) is 40.4. The molecule has 5 nitrogen and oxygen atoms in total. The minimum absolute atomic E-state index is 0.00390. The van der Waals surface area contributed by atoms with Crippen LogP contribution in [0.5, 0.6) is 17.2 Å². The largest absolute Gasteiger partial charge is 0.864 e. The predicted octanol–water partition coefficient (Wildman–Crippen LogP) is 17.9. The van der Waals surface area contributed by atoms with Crippen LogP contribution in [-0.2, 0) is 59.9 Å². The number of unbranched alkanes of at least 4 members (excludes halogenated alkanes) is 3. The standard InChI is InChI=1S/C39H41BF18NO4.C8H3F6/c1-6-9-12-59(13-10-7-2,14-11-8-3)33(4,60-5)32-30(39(56,57)58)21-27(38(53,54)55)22-31(32)63-40(61-28-17-23(34(41,42)43)15-24(18-28)35(44,45)46)62-29-19-25(36(47,48)49)16-26(20-29)37(50,51)52;9-7(10,11)5-2-1-3-6(4-5)8(12,13)14/h15-22H,6-14H2,1-5H3;2-4H/q+1;-1. The van der Waals surface area contributed by atoms with E-state index in [0.29, 0.717) is 31.4 Å². The van der Waals surface area contributed by atoms with Gasteiger partial charge in [0.2, 0.25) is 5.72 Å². The predicted molar refractivity (Wildman–Crippen MR) is 226 cm³/mol. The lowest BCUT2D eigenvalue weighted by Crippen LogP contribution is -2.64. The van der Waals surface area contributed by atoms with Gasteiger partial charge in [0.05, 0.1) is 58.6 Å². The van der Waals surface area contributed by atoms with E-state index in [9.17, 15) is 92.2 Å². The molecular weight excluding hydrogens is 1110 g/mol. The van der Waals surface area contributed by atoms with Gasteiger partial charge < -0.3 is 18.7 Å². The van der Waals surface area contributed by atoms with Gasteiger partial charge in [-0.3, -0.25) is 4.48 Å². The van der Waals surface area contributed by atoms with Crippen molar-refractivity contribution in [1.29, 1.82) is 0 Å². The second kappa shape index (κ2) is 24.3. The van der Waals surface area contributed by atoms with E-state index in [1.165, 1.54) is 0 Å². The Labute approximate surface area is 423 Å². The molecule has 4 rings (SSSR count). The van der Waals surface area contributed by atoms with Gasteiger partial charge in [-0.1, -0.05) is 51.2 Å². The number of hydrogen-bond acceptors (Lipinski definition) is 4. The van der Waals surface area contributed by atoms with Crippen molar-refractivity contribution >= 4 is 7.32 Å². The third-order valence-electron chi connectivity index (χ3n) is 11.6. The fourth-order valence-corrected chi connectivity index (χ4v) is 7.65. The van der Waals surface area contributed by atoms with Gasteiger partial charge in [-0.05, 0) is 67.8 Å². The Hall–Kier alpha value is -5.42. The first-order valence-electron chi connectivity index (χ1n) is 22.4. The molecule has 4 aromatic rings. The Morgan fingerprint density at radius 2 is 0.701 bits per heavy atom. The third-order valence-corrected chi connectivity index (χ3v) is 11.6. The van der Waals surface area contributed by atoms with Crippen LogP contribution in [0.3, 0.4) is 0 Å². The molecule has 432 valence electrons. The van der Waals surface area contributed by atoms with Gasteiger partial charge in [-0.25, -0.2) is 0 Å². The molecule has 0 aliphatic carbocycles. The van der Waals surface area contributed by atoms with Crippen molar-refractivity contribution in [3.63, 3.8) is 0 Å². The Balaban J connectivity index is 0.000000961. The maximum Gasteiger partial charge on any atom is 0.864 e. The number of rotatable bonds is 18. The zero-order valence-electron chi connectivity index (χ0n) is 40.4. The molecule has 0 aliphatic rings. The molecule has 1 unspecified atom stereocenters. The van der Waals surface area contributed by atoms with Crippen molar-refractivity contribution in [1.82, 2.24) is 0 Å². The molecule has 0 saturated carbocycles. The molecule has 0 aromatic heterocycles. The van der Waals surface area contributed by atoms with E-state index in [1.807, 2.05) is 0 Å². The zero-order chi connectivity index (χ0) is 59.2. The van der Waals surface area contributed by atoms with Gasteiger partial charge in [0.1, 0.15) is 17.2 Å². The maximum atomic E-state index is 15.3. The average molecular weight is 1150 g/mol. The lowest BCUT2D eigenvalue weighted by molar-refractivity contribution is -1.01. The van der Waals surface area contributed by atoms with Crippen LogP contribution in [0.15, 0.2) is 66.7 Å². The molecule has 0 amide bonds. The maximum absolute atomic E-state index is 15.3. The van der Waals surface area contributed by atoms with E-state index >= 15 is 13.2 Å². The van der Waals surface area contributed by atoms with Crippen molar-refractivity contribution in [3.05, 3.63) is 123 Å². The van der Waals surface area contributed by atoms with Crippen LogP contribution in [0.2, 0.25) is 0 Å². The number of alkyl halides is 24. The minimum atomic E-state index is -5.74. The topological polar surface area (TPSA) is 36.9 Å². The van der Waals surface area contributed by atoms with E-state index in [0.717, 1.165) is 14.0 Å². The van der Waals surface area contributed by atoms with Crippen molar-refractivity contribution < 1.29 is 129 Å². The summed E-state index contributed by atoms with van der Waals surface area (Å²) in [6.45, 7) is 6.25. The summed E-state index contributed by atoms with van der Waals surface area (Å²) in [6, 6.07) is 0.892. The second-order valence-corrected chi connectivity index (χ2v) is 17.1. The van der Waals surface area contributed by atoms with Gasteiger partial charge in [-0.2, -0.15) is 124 Å². The minimum Gasteiger partial charge on any atom is -0.490 e. The summed E-state index contributed by atoms with van der Waals surface area (Å²) in [6.07, 6.45) is -41.2. The molecule has 0 radical (unpaired) electrons. The Kier molecular flexibility index (Phi) is 20.8. The number of halogens is 24. The molecule has 30 heteroatoms. The Morgan fingerprint density at radius 1 is 0.403 bits per heavy atom. The van der Waals surface area contributed by atoms with Crippen LogP contribution in [0.25, 0.3) is 0 Å². The summed E-state index contributed by atoms with van der Waals surface area (Å²) in [5, 5.41) is 0. The van der Waals surface area contributed by atoms with Crippen LogP contribution < -0.4 is 14.0 Å². The van der Waals surface area contributed by atoms with Gasteiger partial charge >= 0.3 is 56.7 Å². The summed E-state index contributed by atoms with van der Waals surface area (Å²) in [5.74, 6) is -4.80. The van der Waals surface area contributed by atoms with Gasteiger partial charge in [0.25, 0.3) is 0 Å². The highest BCUT2D eigenvalue weighted by atomic mass is 19.4. The van der Waals surface area contributed by atoms with Crippen LogP contribution in [0.4, 0.5) is 105 Å². The van der Waals surface area contributed by atoms with Crippen LogP contribution in [-0.4, -0.2) is 38.5 Å². The summed E-state index contributed by atoms with van der Waals surface area (Å²) in [7, 11) is -2.43. The monoisotopic (exact) mass is 1150 g/mol. The second-order valence-electron chi connectivity index (χ2n) is 17.1. The fourth-order valence-electron chi connectivity index (χ4n) is 7.65. The quantitative estimate of drug-likeness (QED) is 0.0327. The molecule has 0 spiro atoms. The number of benzene rings is 4. The Bertz CT molecular complexity index is 2370. The molecule has 0 saturated heterocycles. The highest BCUT2D eigenvalue weighted by Gasteiger charge is 2.56. The molecular formula is C47H44BF24NO4. The first kappa shape index (κ1) is 65.9. The normalized spacial score (nSPS) is 14.1. The number of nitrogens with zero attached hydrogens (tertiary/aromatic N) is 1. The highest BCUT2D eigenvalue weighted by molar-refractivity contribution is 6.39. The number of hydrogen-bond donors (Lipinski definition) is 0. The fraction of sp³-hybridized carbons (Fsp3) is 0.489.